The van der Waals surface area contributed by atoms with Gasteiger partial charge in [-0.15, -0.1) is 5.10 Å². The van der Waals surface area contributed by atoms with E-state index in [4.69, 9.17) is 11.6 Å². The Morgan fingerprint density at radius 1 is 1.50 bits per heavy atom. The second-order valence-electron chi connectivity index (χ2n) is 3.18. The van der Waals surface area contributed by atoms with E-state index in [2.05, 4.69) is 15.2 Å². The summed E-state index contributed by atoms with van der Waals surface area (Å²) in [6.07, 6.45) is 0. The van der Waals surface area contributed by atoms with Crippen LogP contribution in [0, 0.1) is 6.92 Å². The van der Waals surface area contributed by atoms with Gasteiger partial charge in [-0.05, 0) is 30.8 Å². The number of hydrogen-bond donors (Lipinski definition) is 2. The Balaban J connectivity index is 2.30. The van der Waals surface area contributed by atoms with Gasteiger partial charge in [0, 0.05) is 15.5 Å². The molecule has 1 aromatic heterocycles. The molecule has 1 aromatic carbocycles. The molecule has 0 saturated carbocycles. The molecular weight excluding hydrogens is 246 g/mol. The van der Waals surface area contributed by atoms with E-state index in [9.17, 15) is 5.11 Å². The molecule has 0 aliphatic carbocycles. The third kappa shape index (κ3) is 2.37. The van der Waals surface area contributed by atoms with Crippen LogP contribution in [0.2, 0.25) is 5.02 Å². The molecular formula is C10H10ClN3OS. The van der Waals surface area contributed by atoms with Gasteiger partial charge in [-0.25, -0.2) is 4.98 Å². The number of aliphatic hydroxyl groups excluding tert-OH is 1. The Morgan fingerprint density at radius 3 is 2.94 bits per heavy atom. The number of nitrogens with zero attached hydrogens (tertiary/aromatic N) is 2. The zero-order valence-electron chi connectivity index (χ0n) is 8.57. The van der Waals surface area contributed by atoms with E-state index in [1.165, 1.54) is 11.8 Å². The number of nitrogens with one attached hydrogen (secondary N) is 1. The van der Waals surface area contributed by atoms with Crippen LogP contribution < -0.4 is 0 Å². The standard InChI is InChI=1S/C10H10ClN3OS/c1-6-12-10(14-13-6)16-9-4-2-3-8(11)7(9)5-15/h2-4,15H,5H2,1H3,(H,12,13,14). The summed E-state index contributed by atoms with van der Waals surface area (Å²) in [5, 5.41) is 17.2. The number of benzene rings is 1. The molecule has 84 valence electrons. The van der Waals surface area contributed by atoms with Crippen molar-refractivity contribution in [1.82, 2.24) is 15.2 Å². The number of aromatic amines is 1. The summed E-state index contributed by atoms with van der Waals surface area (Å²) in [5.74, 6) is 0.759. The van der Waals surface area contributed by atoms with Gasteiger partial charge >= 0.3 is 0 Å². The first-order valence-corrected chi connectivity index (χ1v) is 5.85. The normalized spacial score (nSPS) is 10.7. The van der Waals surface area contributed by atoms with Gasteiger partial charge < -0.3 is 5.11 Å². The molecule has 4 nitrogen and oxygen atoms in total. The number of aliphatic hydroxyl groups is 1. The quantitative estimate of drug-likeness (QED) is 0.884. The average Bonchev–Trinajstić information content (AvgIpc) is 2.64. The Kier molecular flexibility index (Phi) is 3.48. The number of aromatic nitrogens is 3. The molecule has 2 rings (SSSR count). The predicted molar refractivity (Wildman–Crippen MR) is 62.6 cm³/mol. The molecule has 0 spiro atoms. The number of H-pyrrole nitrogens is 1. The fourth-order valence-electron chi connectivity index (χ4n) is 1.25. The zero-order valence-corrected chi connectivity index (χ0v) is 10.1. The maximum Gasteiger partial charge on any atom is 0.213 e. The van der Waals surface area contributed by atoms with Crippen LogP contribution in [0.5, 0.6) is 0 Å². The average molecular weight is 256 g/mol. The van der Waals surface area contributed by atoms with Gasteiger partial charge in [0.1, 0.15) is 5.82 Å². The molecule has 0 amide bonds. The van der Waals surface area contributed by atoms with Gasteiger partial charge in [0.05, 0.1) is 6.61 Å². The molecule has 2 N–H and O–H groups in total. The van der Waals surface area contributed by atoms with Crippen molar-refractivity contribution in [2.75, 3.05) is 0 Å². The van der Waals surface area contributed by atoms with Crippen molar-refractivity contribution >= 4 is 23.4 Å². The van der Waals surface area contributed by atoms with Crippen LogP contribution in [0.4, 0.5) is 0 Å². The van der Waals surface area contributed by atoms with E-state index in [-0.39, 0.29) is 6.61 Å². The molecule has 0 bridgehead atoms. The molecule has 0 fully saturated rings. The smallest absolute Gasteiger partial charge is 0.213 e. The summed E-state index contributed by atoms with van der Waals surface area (Å²) in [6.45, 7) is 1.74. The van der Waals surface area contributed by atoms with E-state index >= 15 is 0 Å². The van der Waals surface area contributed by atoms with Crippen LogP contribution in [0.3, 0.4) is 0 Å². The molecule has 6 heteroatoms. The van der Waals surface area contributed by atoms with E-state index in [1.807, 2.05) is 19.1 Å². The van der Waals surface area contributed by atoms with Crippen molar-refractivity contribution in [3.05, 3.63) is 34.6 Å². The summed E-state index contributed by atoms with van der Waals surface area (Å²) in [5.41, 5.74) is 0.705. The molecule has 2 aromatic rings. The lowest BCUT2D eigenvalue weighted by Gasteiger charge is -2.06. The van der Waals surface area contributed by atoms with E-state index in [0.29, 0.717) is 15.7 Å². The minimum Gasteiger partial charge on any atom is -0.392 e. The van der Waals surface area contributed by atoms with Gasteiger partial charge in [0.15, 0.2) is 0 Å². The van der Waals surface area contributed by atoms with Crippen molar-refractivity contribution in [2.45, 2.75) is 23.6 Å². The third-order valence-electron chi connectivity index (χ3n) is 2.01. The van der Waals surface area contributed by atoms with Crippen molar-refractivity contribution in [3.63, 3.8) is 0 Å². The van der Waals surface area contributed by atoms with Crippen molar-refractivity contribution < 1.29 is 5.11 Å². The second kappa shape index (κ2) is 4.86. The number of aryl methyl sites for hydroxylation is 1. The van der Waals surface area contributed by atoms with Crippen LogP contribution in [0.1, 0.15) is 11.4 Å². The van der Waals surface area contributed by atoms with Gasteiger partial charge in [-0.3, -0.25) is 5.10 Å². The topological polar surface area (TPSA) is 61.8 Å². The monoisotopic (exact) mass is 255 g/mol. The molecule has 0 radical (unpaired) electrons. The van der Waals surface area contributed by atoms with Gasteiger partial charge in [0.25, 0.3) is 0 Å². The molecule has 16 heavy (non-hydrogen) atoms. The number of hydrogen-bond acceptors (Lipinski definition) is 4. The predicted octanol–water partition coefficient (Wildman–Crippen LogP) is 2.41. The molecule has 0 unspecified atom stereocenters. The summed E-state index contributed by atoms with van der Waals surface area (Å²) < 4.78 is 0. The fraction of sp³-hybridized carbons (Fsp3) is 0.200. The summed E-state index contributed by atoms with van der Waals surface area (Å²) in [6, 6.07) is 5.47. The van der Waals surface area contributed by atoms with E-state index < -0.39 is 0 Å². The highest BCUT2D eigenvalue weighted by Gasteiger charge is 2.09. The Hall–Kier alpha value is -1.04. The van der Waals surface area contributed by atoms with Crippen molar-refractivity contribution in [1.29, 1.82) is 0 Å². The van der Waals surface area contributed by atoms with Crippen LogP contribution >= 0.6 is 23.4 Å². The second-order valence-corrected chi connectivity index (χ2v) is 4.60. The Bertz CT molecular complexity index is 501. The van der Waals surface area contributed by atoms with Crippen LogP contribution in [0.15, 0.2) is 28.3 Å². The highest BCUT2D eigenvalue weighted by Crippen LogP contribution is 2.31. The minimum absolute atomic E-state index is 0.0919. The summed E-state index contributed by atoms with van der Waals surface area (Å²) in [7, 11) is 0. The highest BCUT2D eigenvalue weighted by atomic mass is 35.5. The Labute approximate surface area is 102 Å². The first kappa shape index (κ1) is 11.4. The van der Waals surface area contributed by atoms with Crippen LogP contribution in [-0.4, -0.2) is 20.3 Å². The summed E-state index contributed by atoms with van der Waals surface area (Å²) >= 11 is 7.35. The van der Waals surface area contributed by atoms with Crippen molar-refractivity contribution in [2.24, 2.45) is 0 Å². The number of halogens is 1. The molecule has 0 aliphatic heterocycles. The third-order valence-corrected chi connectivity index (χ3v) is 3.33. The zero-order chi connectivity index (χ0) is 11.5. The molecule has 0 saturated heterocycles. The lowest BCUT2D eigenvalue weighted by molar-refractivity contribution is 0.279. The minimum atomic E-state index is -0.0919. The van der Waals surface area contributed by atoms with Gasteiger partial charge in [-0.1, -0.05) is 17.7 Å². The van der Waals surface area contributed by atoms with Crippen molar-refractivity contribution in [3.8, 4) is 0 Å². The van der Waals surface area contributed by atoms with Gasteiger partial charge in [-0.2, -0.15) is 0 Å². The number of rotatable bonds is 3. The lowest BCUT2D eigenvalue weighted by Crippen LogP contribution is -1.89. The maximum atomic E-state index is 9.24. The Morgan fingerprint density at radius 2 is 2.31 bits per heavy atom. The largest absolute Gasteiger partial charge is 0.392 e. The lowest BCUT2D eigenvalue weighted by atomic mass is 10.2. The highest BCUT2D eigenvalue weighted by molar-refractivity contribution is 7.99. The fourth-order valence-corrected chi connectivity index (χ4v) is 2.46. The van der Waals surface area contributed by atoms with E-state index in [0.717, 1.165) is 10.7 Å². The van der Waals surface area contributed by atoms with Gasteiger partial charge in [0.2, 0.25) is 5.16 Å². The molecule has 1 heterocycles. The van der Waals surface area contributed by atoms with E-state index in [1.54, 1.807) is 6.07 Å². The summed E-state index contributed by atoms with van der Waals surface area (Å²) in [4.78, 5) is 5.05. The molecule has 0 aliphatic rings. The maximum absolute atomic E-state index is 9.24. The first-order chi connectivity index (χ1) is 7.70. The van der Waals surface area contributed by atoms with Crippen LogP contribution in [-0.2, 0) is 6.61 Å². The molecule has 0 atom stereocenters. The first-order valence-electron chi connectivity index (χ1n) is 4.66. The SMILES string of the molecule is Cc1nc(Sc2cccc(Cl)c2CO)n[nH]1. The van der Waals surface area contributed by atoms with Crippen LogP contribution in [0.25, 0.3) is 0 Å².